The Labute approximate surface area is 196 Å². The Hall–Kier alpha value is -2.77. The van der Waals surface area contributed by atoms with Crippen molar-refractivity contribution in [3.8, 4) is 0 Å². The molecule has 1 N–H and O–H groups in total. The number of hydrogen-bond acceptors (Lipinski definition) is 6. The summed E-state index contributed by atoms with van der Waals surface area (Å²) < 4.78 is 24.6. The summed E-state index contributed by atoms with van der Waals surface area (Å²) in [7, 11) is 0. The van der Waals surface area contributed by atoms with Crippen molar-refractivity contribution in [2.24, 2.45) is 0 Å². The van der Waals surface area contributed by atoms with Crippen LogP contribution in [-0.2, 0) is 19.1 Å². The highest BCUT2D eigenvalue weighted by molar-refractivity contribution is 7.10. The van der Waals surface area contributed by atoms with E-state index in [1.807, 2.05) is 24.4 Å². The molecule has 1 aromatic heterocycles. The molecule has 2 aliphatic heterocycles. The average molecular weight is 468 g/mol. The zero-order chi connectivity index (χ0) is 22.9. The lowest BCUT2D eigenvalue weighted by atomic mass is 9.73. The molecule has 1 fully saturated rings. The van der Waals surface area contributed by atoms with Gasteiger partial charge in [-0.3, -0.25) is 4.79 Å². The number of ether oxygens (including phenoxy) is 2. The van der Waals surface area contributed by atoms with Crippen molar-refractivity contribution in [1.29, 1.82) is 0 Å². The van der Waals surface area contributed by atoms with E-state index in [2.05, 4.69) is 5.32 Å². The number of benzene rings is 1. The number of esters is 1. The van der Waals surface area contributed by atoms with E-state index in [9.17, 15) is 14.0 Å². The second-order valence-corrected chi connectivity index (χ2v) is 9.80. The Bertz CT molecular complexity index is 1110. The number of carbonyl (C=O) groups is 2. The predicted molar refractivity (Wildman–Crippen MR) is 123 cm³/mol. The van der Waals surface area contributed by atoms with Crippen LogP contribution < -0.4 is 5.32 Å². The van der Waals surface area contributed by atoms with Gasteiger partial charge in [0.05, 0.1) is 17.6 Å². The summed E-state index contributed by atoms with van der Waals surface area (Å²) in [5.74, 6) is -1.17. The van der Waals surface area contributed by atoms with Crippen LogP contribution in [0.15, 0.2) is 64.3 Å². The van der Waals surface area contributed by atoms with Crippen molar-refractivity contribution in [3.05, 3.63) is 80.6 Å². The number of hydrogen-bond donors (Lipinski definition) is 1. The van der Waals surface area contributed by atoms with E-state index < -0.39 is 11.9 Å². The monoisotopic (exact) mass is 467 g/mol. The summed E-state index contributed by atoms with van der Waals surface area (Å²) >= 11 is 1.53. The number of allylic oxidation sites excluding steroid dienone is 3. The number of Topliss-reactive ketones (excluding diaryl/α,β-unsaturated/α-hetero) is 1. The van der Waals surface area contributed by atoms with Gasteiger partial charge in [0.25, 0.3) is 0 Å². The molecule has 0 radical (unpaired) electrons. The molecule has 0 spiro atoms. The number of rotatable bonds is 5. The van der Waals surface area contributed by atoms with E-state index in [1.54, 1.807) is 12.1 Å². The molecule has 3 aliphatic rings. The summed E-state index contributed by atoms with van der Waals surface area (Å²) in [6.45, 7) is 2.78. The van der Waals surface area contributed by atoms with Crippen LogP contribution in [-0.4, -0.2) is 31.1 Å². The van der Waals surface area contributed by atoms with Gasteiger partial charge in [0.1, 0.15) is 12.4 Å². The Balaban J connectivity index is 1.45. The molecule has 3 atom stereocenters. The maximum Gasteiger partial charge on any atom is 0.336 e. The third kappa shape index (κ3) is 4.39. The van der Waals surface area contributed by atoms with Crippen molar-refractivity contribution in [2.45, 2.75) is 50.5 Å². The molecule has 2 aromatic rings. The second kappa shape index (κ2) is 9.23. The van der Waals surface area contributed by atoms with Gasteiger partial charge in [-0.15, -0.1) is 11.3 Å². The highest BCUT2D eigenvalue weighted by Crippen LogP contribution is 2.46. The average Bonchev–Trinajstić information content (AvgIpc) is 3.51. The van der Waals surface area contributed by atoms with E-state index in [0.717, 1.165) is 29.0 Å². The van der Waals surface area contributed by atoms with Crippen LogP contribution in [0.5, 0.6) is 0 Å². The molecule has 0 saturated carbocycles. The predicted octanol–water partition coefficient (Wildman–Crippen LogP) is 4.97. The van der Waals surface area contributed by atoms with Gasteiger partial charge in [0, 0.05) is 34.9 Å². The highest BCUT2D eigenvalue weighted by atomic mass is 32.1. The van der Waals surface area contributed by atoms with Crippen molar-refractivity contribution in [1.82, 2.24) is 5.32 Å². The topological polar surface area (TPSA) is 64.6 Å². The Morgan fingerprint density at radius 3 is 2.76 bits per heavy atom. The van der Waals surface area contributed by atoms with E-state index in [0.29, 0.717) is 36.3 Å². The van der Waals surface area contributed by atoms with Gasteiger partial charge in [-0.1, -0.05) is 18.2 Å². The van der Waals surface area contributed by atoms with Crippen LogP contribution in [0.2, 0.25) is 0 Å². The van der Waals surface area contributed by atoms with Crippen LogP contribution in [0.1, 0.15) is 54.9 Å². The number of nitrogens with one attached hydrogen (secondary N) is 1. The van der Waals surface area contributed by atoms with E-state index in [1.165, 1.54) is 23.5 Å². The largest absolute Gasteiger partial charge is 0.459 e. The quantitative estimate of drug-likeness (QED) is 0.629. The minimum absolute atomic E-state index is 0.00778. The number of dihydropyridines is 1. The van der Waals surface area contributed by atoms with Gasteiger partial charge in [-0.05, 0) is 61.2 Å². The maximum absolute atomic E-state index is 13.5. The standard InChI is InChI=1S/C26H26FNO4S/c1-15-23(26(30)32-14-19-4-2-10-31-19)25(22-5-3-11-33-22)24-20(28-15)12-17(13-21(24)29)16-6-8-18(27)9-7-16/h3,5-9,11,17,19,25,28H,2,4,10,12-14H2,1H3. The molecule has 0 amide bonds. The zero-order valence-electron chi connectivity index (χ0n) is 18.4. The van der Waals surface area contributed by atoms with Gasteiger partial charge >= 0.3 is 5.97 Å². The molecular weight excluding hydrogens is 441 g/mol. The smallest absolute Gasteiger partial charge is 0.336 e. The summed E-state index contributed by atoms with van der Waals surface area (Å²) in [6.07, 6.45) is 2.75. The first-order valence-corrected chi connectivity index (χ1v) is 12.2. The Kier molecular flexibility index (Phi) is 6.17. The molecule has 0 bridgehead atoms. The van der Waals surface area contributed by atoms with Gasteiger partial charge in [0.2, 0.25) is 0 Å². The molecular formula is C26H26FNO4S. The molecule has 5 rings (SSSR count). The zero-order valence-corrected chi connectivity index (χ0v) is 19.3. The Morgan fingerprint density at radius 1 is 1.24 bits per heavy atom. The van der Waals surface area contributed by atoms with Crippen molar-refractivity contribution in [3.63, 3.8) is 0 Å². The third-order valence-electron chi connectivity index (χ3n) is 6.64. The molecule has 1 saturated heterocycles. The first kappa shape index (κ1) is 22.0. The molecule has 1 aromatic carbocycles. The summed E-state index contributed by atoms with van der Waals surface area (Å²) in [5, 5.41) is 5.30. The van der Waals surface area contributed by atoms with Crippen LogP contribution in [0.3, 0.4) is 0 Å². The fraction of sp³-hybridized carbons (Fsp3) is 0.385. The van der Waals surface area contributed by atoms with Gasteiger partial charge in [-0.2, -0.15) is 0 Å². The summed E-state index contributed by atoms with van der Waals surface area (Å²) in [6, 6.07) is 10.2. The highest BCUT2D eigenvalue weighted by Gasteiger charge is 2.42. The lowest BCUT2D eigenvalue weighted by Gasteiger charge is -2.36. The van der Waals surface area contributed by atoms with Crippen LogP contribution in [0.25, 0.3) is 0 Å². The number of carbonyl (C=O) groups excluding carboxylic acids is 2. The second-order valence-electron chi connectivity index (χ2n) is 8.82. The minimum Gasteiger partial charge on any atom is -0.459 e. The fourth-order valence-corrected chi connectivity index (χ4v) is 5.89. The van der Waals surface area contributed by atoms with Crippen molar-refractivity contribution in [2.75, 3.05) is 13.2 Å². The molecule has 3 unspecified atom stereocenters. The third-order valence-corrected chi connectivity index (χ3v) is 7.58. The lowest BCUT2D eigenvalue weighted by Crippen LogP contribution is -2.36. The lowest BCUT2D eigenvalue weighted by molar-refractivity contribution is -0.142. The van der Waals surface area contributed by atoms with E-state index >= 15 is 0 Å². The van der Waals surface area contributed by atoms with E-state index in [4.69, 9.17) is 9.47 Å². The first-order chi connectivity index (χ1) is 16.0. The van der Waals surface area contributed by atoms with Gasteiger partial charge < -0.3 is 14.8 Å². The summed E-state index contributed by atoms with van der Waals surface area (Å²) in [5.41, 5.74) is 3.62. The van der Waals surface area contributed by atoms with Crippen LogP contribution in [0.4, 0.5) is 4.39 Å². The maximum atomic E-state index is 13.5. The number of halogens is 1. The molecule has 1 aliphatic carbocycles. The summed E-state index contributed by atoms with van der Waals surface area (Å²) in [4.78, 5) is 27.6. The molecule has 3 heterocycles. The number of ketones is 1. The van der Waals surface area contributed by atoms with Crippen molar-refractivity contribution >= 4 is 23.1 Å². The number of thiophene rings is 1. The molecule has 5 nitrogen and oxygen atoms in total. The molecule has 172 valence electrons. The molecule has 33 heavy (non-hydrogen) atoms. The van der Waals surface area contributed by atoms with Crippen LogP contribution in [0, 0.1) is 5.82 Å². The van der Waals surface area contributed by atoms with Gasteiger partial charge in [-0.25, -0.2) is 9.18 Å². The normalized spacial score (nSPS) is 25.2. The fourth-order valence-electron chi connectivity index (χ4n) is 5.04. The van der Waals surface area contributed by atoms with E-state index in [-0.39, 0.29) is 30.2 Å². The Morgan fingerprint density at radius 2 is 2.06 bits per heavy atom. The minimum atomic E-state index is -0.445. The molecule has 7 heteroatoms. The SMILES string of the molecule is CC1=C(C(=O)OCC2CCCO2)C(c2cccs2)C2=C(CC(c3ccc(F)cc3)CC2=O)N1. The van der Waals surface area contributed by atoms with Crippen molar-refractivity contribution < 1.29 is 23.5 Å². The first-order valence-electron chi connectivity index (χ1n) is 11.3. The van der Waals surface area contributed by atoms with Gasteiger partial charge in [0.15, 0.2) is 5.78 Å². The van der Waals surface area contributed by atoms with Crippen LogP contribution >= 0.6 is 11.3 Å².